The van der Waals surface area contributed by atoms with Crippen LogP contribution in [-0.2, 0) is 4.79 Å². The molecule has 126 valence electrons. The van der Waals surface area contributed by atoms with Crippen LogP contribution in [0.15, 0.2) is 53.1 Å². The average Bonchev–Trinajstić information content (AvgIpc) is 2.85. The number of nitro benzene ring substituents is 1. The molecular weight excluding hydrogens is 365 g/mol. The summed E-state index contributed by atoms with van der Waals surface area (Å²) in [6.07, 6.45) is 1.48. The molecule has 0 bridgehead atoms. The maximum Gasteiger partial charge on any atom is 0.288 e. The van der Waals surface area contributed by atoms with Gasteiger partial charge in [-0.2, -0.15) is 10.1 Å². The Hall–Kier alpha value is -2.70. The number of nitro groups is 1. The molecule has 1 aliphatic rings. The molecule has 0 saturated heterocycles. The van der Waals surface area contributed by atoms with Gasteiger partial charge in [0.25, 0.3) is 11.6 Å². The summed E-state index contributed by atoms with van der Waals surface area (Å²) in [5, 5.41) is 16.7. The molecule has 0 spiro atoms. The minimum absolute atomic E-state index is 0.0637. The number of carbonyl (C=O) groups excluding carboxylic acids is 1. The average molecular weight is 376 g/mol. The molecule has 0 fully saturated rings. The van der Waals surface area contributed by atoms with Crippen molar-refractivity contribution in [2.75, 3.05) is 5.01 Å². The van der Waals surface area contributed by atoms with Crippen LogP contribution in [0, 0.1) is 10.1 Å². The highest BCUT2D eigenvalue weighted by molar-refractivity contribution is 6.37. The second-order valence-corrected chi connectivity index (χ2v) is 6.09. The summed E-state index contributed by atoms with van der Waals surface area (Å²) >= 11 is 11.9. The zero-order valence-corrected chi connectivity index (χ0v) is 14.5. The van der Waals surface area contributed by atoms with E-state index in [1.54, 1.807) is 31.2 Å². The van der Waals surface area contributed by atoms with Crippen LogP contribution in [0.4, 0.5) is 11.4 Å². The molecule has 6 nitrogen and oxygen atoms in total. The first kappa shape index (κ1) is 17.1. The number of carbonyl (C=O) groups is 1. The molecule has 1 aliphatic heterocycles. The van der Waals surface area contributed by atoms with E-state index in [0.29, 0.717) is 22.5 Å². The van der Waals surface area contributed by atoms with Crippen molar-refractivity contribution in [2.45, 2.75) is 6.92 Å². The molecule has 25 heavy (non-hydrogen) atoms. The van der Waals surface area contributed by atoms with Crippen LogP contribution in [-0.4, -0.2) is 16.5 Å². The highest BCUT2D eigenvalue weighted by Crippen LogP contribution is 2.33. The van der Waals surface area contributed by atoms with E-state index < -0.39 is 4.92 Å². The smallest absolute Gasteiger partial charge is 0.267 e. The SMILES string of the molecule is CC1=NN(c2ccccc2)C(=O)C1=Cc1cc([N+](=O)[O-])c(Cl)cc1Cl. The first-order valence-corrected chi connectivity index (χ1v) is 7.94. The number of hydrazone groups is 1. The normalized spacial score (nSPS) is 15.6. The van der Waals surface area contributed by atoms with Crippen LogP contribution in [0.25, 0.3) is 6.08 Å². The second kappa shape index (κ2) is 6.66. The summed E-state index contributed by atoms with van der Waals surface area (Å²) in [6, 6.07) is 11.5. The largest absolute Gasteiger partial charge is 0.288 e. The highest BCUT2D eigenvalue weighted by Gasteiger charge is 2.29. The highest BCUT2D eigenvalue weighted by atomic mass is 35.5. The first-order chi connectivity index (χ1) is 11.9. The van der Waals surface area contributed by atoms with Crippen LogP contribution in [0.1, 0.15) is 12.5 Å². The quantitative estimate of drug-likeness (QED) is 0.442. The Balaban J connectivity index is 2.03. The van der Waals surface area contributed by atoms with Crippen molar-refractivity contribution in [1.29, 1.82) is 0 Å². The number of benzene rings is 2. The molecule has 1 heterocycles. The number of nitrogens with zero attached hydrogens (tertiary/aromatic N) is 3. The minimum Gasteiger partial charge on any atom is -0.267 e. The van der Waals surface area contributed by atoms with Crippen molar-refractivity contribution in [3.8, 4) is 0 Å². The number of halogens is 2. The van der Waals surface area contributed by atoms with Crippen molar-refractivity contribution in [1.82, 2.24) is 0 Å². The minimum atomic E-state index is -0.603. The Labute approximate surface area is 153 Å². The molecule has 1 amide bonds. The summed E-state index contributed by atoms with van der Waals surface area (Å²) in [6.45, 7) is 1.69. The standard InChI is InChI=1S/C17H11Cl2N3O3/c1-10-13(17(23)21(20-10)12-5-3-2-4-6-12)7-11-8-16(22(24)25)15(19)9-14(11)18/h2-9H,1H3. The molecule has 0 radical (unpaired) electrons. The fourth-order valence-electron chi connectivity index (χ4n) is 2.39. The maximum absolute atomic E-state index is 12.7. The van der Waals surface area contributed by atoms with E-state index in [0.717, 1.165) is 0 Å². The zero-order valence-electron chi connectivity index (χ0n) is 12.9. The van der Waals surface area contributed by atoms with Crippen LogP contribution >= 0.6 is 23.2 Å². The topological polar surface area (TPSA) is 75.8 Å². The summed E-state index contributed by atoms with van der Waals surface area (Å²) < 4.78 is 0. The van der Waals surface area contributed by atoms with Gasteiger partial charge >= 0.3 is 0 Å². The molecule has 0 N–H and O–H groups in total. The predicted molar refractivity (Wildman–Crippen MR) is 98.1 cm³/mol. The van der Waals surface area contributed by atoms with Crippen molar-refractivity contribution < 1.29 is 9.72 Å². The van der Waals surface area contributed by atoms with E-state index in [4.69, 9.17) is 23.2 Å². The van der Waals surface area contributed by atoms with Crippen molar-refractivity contribution in [3.63, 3.8) is 0 Å². The van der Waals surface area contributed by atoms with Gasteiger partial charge < -0.3 is 0 Å². The zero-order chi connectivity index (χ0) is 18.1. The molecular formula is C17H11Cl2N3O3. The summed E-state index contributed by atoms with van der Waals surface area (Å²) in [4.78, 5) is 23.1. The third-order valence-corrected chi connectivity index (χ3v) is 4.26. The lowest BCUT2D eigenvalue weighted by molar-refractivity contribution is -0.384. The number of amides is 1. The van der Waals surface area contributed by atoms with E-state index in [1.165, 1.54) is 23.2 Å². The van der Waals surface area contributed by atoms with Crippen molar-refractivity contribution >= 4 is 52.3 Å². The lowest BCUT2D eigenvalue weighted by Crippen LogP contribution is -2.21. The lowest BCUT2D eigenvalue weighted by Gasteiger charge is -2.11. The van der Waals surface area contributed by atoms with E-state index in [-0.39, 0.29) is 21.6 Å². The van der Waals surface area contributed by atoms with Gasteiger partial charge in [0, 0.05) is 16.7 Å². The van der Waals surface area contributed by atoms with Gasteiger partial charge in [0.2, 0.25) is 0 Å². The summed E-state index contributed by atoms with van der Waals surface area (Å²) in [7, 11) is 0. The van der Waals surface area contributed by atoms with Gasteiger partial charge in [0.05, 0.1) is 21.9 Å². The summed E-state index contributed by atoms with van der Waals surface area (Å²) in [5.74, 6) is -0.336. The fourth-order valence-corrected chi connectivity index (χ4v) is 2.89. The van der Waals surface area contributed by atoms with Crippen molar-refractivity contribution in [2.24, 2.45) is 5.10 Å². The monoisotopic (exact) mass is 375 g/mol. The van der Waals surface area contributed by atoms with Gasteiger partial charge in [0.1, 0.15) is 5.02 Å². The Morgan fingerprint density at radius 2 is 1.84 bits per heavy atom. The Kier molecular flexibility index (Phi) is 4.57. The number of hydrogen-bond acceptors (Lipinski definition) is 4. The molecule has 0 aliphatic carbocycles. The van der Waals surface area contributed by atoms with Gasteiger partial charge in [-0.1, -0.05) is 41.4 Å². The van der Waals surface area contributed by atoms with E-state index in [2.05, 4.69) is 5.10 Å². The summed E-state index contributed by atoms with van der Waals surface area (Å²) in [5.41, 5.74) is 1.47. The molecule has 3 rings (SSSR count). The molecule has 0 atom stereocenters. The van der Waals surface area contributed by atoms with Crippen LogP contribution in [0.2, 0.25) is 10.0 Å². The Bertz CT molecular complexity index is 940. The molecule has 8 heteroatoms. The van der Waals surface area contributed by atoms with Crippen molar-refractivity contribution in [3.05, 3.63) is 73.8 Å². The molecule has 0 unspecified atom stereocenters. The van der Waals surface area contributed by atoms with E-state index >= 15 is 0 Å². The van der Waals surface area contributed by atoms with Gasteiger partial charge in [-0.3, -0.25) is 14.9 Å². The van der Waals surface area contributed by atoms with Gasteiger partial charge in [-0.15, -0.1) is 0 Å². The van der Waals surface area contributed by atoms with E-state index in [9.17, 15) is 14.9 Å². The van der Waals surface area contributed by atoms with Gasteiger partial charge in [-0.05, 0) is 31.2 Å². The molecule has 2 aromatic carbocycles. The second-order valence-electron chi connectivity index (χ2n) is 5.28. The van der Waals surface area contributed by atoms with Crippen LogP contribution in [0.5, 0.6) is 0 Å². The Morgan fingerprint density at radius 1 is 1.16 bits per heavy atom. The first-order valence-electron chi connectivity index (χ1n) is 7.18. The lowest BCUT2D eigenvalue weighted by atomic mass is 10.1. The predicted octanol–water partition coefficient (Wildman–Crippen LogP) is 4.71. The third kappa shape index (κ3) is 3.26. The molecule has 2 aromatic rings. The van der Waals surface area contributed by atoms with Crippen LogP contribution in [0.3, 0.4) is 0 Å². The molecule has 0 aromatic heterocycles. The Morgan fingerprint density at radius 3 is 2.48 bits per heavy atom. The van der Waals surface area contributed by atoms with Crippen LogP contribution < -0.4 is 5.01 Å². The fraction of sp³-hybridized carbons (Fsp3) is 0.0588. The third-order valence-electron chi connectivity index (χ3n) is 3.63. The number of rotatable bonds is 3. The maximum atomic E-state index is 12.7. The van der Waals surface area contributed by atoms with Gasteiger partial charge in [-0.25, -0.2) is 0 Å². The number of hydrogen-bond donors (Lipinski definition) is 0. The van der Waals surface area contributed by atoms with E-state index in [1.807, 2.05) is 6.07 Å². The number of anilines is 1. The van der Waals surface area contributed by atoms with Gasteiger partial charge in [0.15, 0.2) is 0 Å². The number of para-hydroxylation sites is 1. The molecule has 0 saturated carbocycles.